The van der Waals surface area contributed by atoms with E-state index in [1.807, 2.05) is 24.0 Å². The maximum atomic E-state index is 6.15. The molecule has 2 aromatic heterocycles. The molecular formula is C13H18N6S. The average Bonchev–Trinajstić information content (AvgIpc) is 2.93. The Balaban J connectivity index is 1.79. The minimum Gasteiger partial charge on any atom is -0.393 e. The van der Waals surface area contributed by atoms with Crippen molar-refractivity contribution in [3.05, 3.63) is 24.8 Å². The van der Waals surface area contributed by atoms with Gasteiger partial charge in [0.15, 0.2) is 11.6 Å². The van der Waals surface area contributed by atoms with Gasteiger partial charge in [-0.2, -0.15) is 16.9 Å². The van der Waals surface area contributed by atoms with E-state index in [4.69, 9.17) is 5.73 Å². The number of nitrogens with one attached hydrogen (secondary N) is 1. The molecule has 0 spiro atoms. The van der Waals surface area contributed by atoms with Gasteiger partial charge < -0.3 is 11.1 Å². The molecule has 3 rings (SSSR count). The highest BCUT2D eigenvalue weighted by molar-refractivity contribution is 8.00. The number of thioether (sulfide) groups is 1. The molecule has 0 bridgehead atoms. The van der Waals surface area contributed by atoms with Crippen molar-refractivity contribution < 1.29 is 0 Å². The largest absolute Gasteiger partial charge is 0.393 e. The minimum atomic E-state index is 0.337. The quantitative estimate of drug-likeness (QED) is 0.876. The van der Waals surface area contributed by atoms with Gasteiger partial charge in [-0.15, -0.1) is 0 Å². The number of hydrogen-bond acceptors (Lipinski definition) is 6. The van der Waals surface area contributed by atoms with Crippen molar-refractivity contribution in [1.82, 2.24) is 19.7 Å². The lowest BCUT2D eigenvalue weighted by Gasteiger charge is -2.40. The van der Waals surface area contributed by atoms with Gasteiger partial charge in [0.1, 0.15) is 12.0 Å². The molecule has 0 atom stereocenters. The van der Waals surface area contributed by atoms with E-state index in [1.165, 1.54) is 25.6 Å². The summed E-state index contributed by atoms with van der Waals surface area (Å²) < 4.78 is 1.99. The molecule has 20 heavy (non-hydrogen) atoms. The van der Waals surface area contributed by atoms with Crippen LogP contribution in [0, 0.1) is 0 Å². The van der Waals surface area contributed by atoms with E-state index in [-0.39, 0.29) is 0 Å². The van der Waals surface area contributed by atoms with Crippen molar-refractivity contribution in [2.24, 2.45) is 0 Å². The van der Waals surface area contributed by atoms with E-state index < -0.39 is 0 Å². The summed E-state index contributed by atoms with van der Waals surface area (Å²) in [5, 5.41) is 7.53. The second-order valence-electron chi connectivity index (χ2n) is 5.00. The van der Waals surface area contributed by atoms with Gasteiger partial charge in [0.2, 0.25) is 0 Å². The molecule has 1 fully saturated rings. The number of rotatable bonds is 5. The third-order valence-corrected chi connectivity index (χ3v) is 5.28. The molecule has 106 valence electrons. The number of hydrogen-bond donors (Lipinski definition) is 2. The number of nitrogens with zero attached hydrogens (tertiary/aromatic N) is 4. The van der Waals surface area contributed by atoms with Gasteiger partial charge in [-0.25, -0.2) is 14.6 Å². The summed E-state index contributed by atoms with van der Waals surface area (Å²) in [6.45, 7) is 0.883. The van der Waals surface area contributed by atoms with Crippen LogP contribution >= 0.6 is 11.8 Å². The fraction of sp³-hybridized carbons (Fsp3) is 0.462. The van der Waals surface area contributed by atoms with Gasteiger partial charge in [0.25, 0.3) is 0 Å². The lowest BCUT2D eigenvalue weighted by atomic mass is 9.84. The molecule has 0 unspecified atom stereocenters. The fourth-order valence-electron chi connectivity index (χ4n) is 2.37. The topological polar surface area (TPSA) is 81.7 Å². The Morgan fingerprint density at radius 3 is 2.90 bits per heavy atom. The van der Waals surface area contributed by atoms with Gasteiger partial charge in [-0.05, 0) is 25.2 Å². The van der Waals surface area contributed by atoms with Crippen molar-refractivity contribution in [2.45, 2.75) is 24.0 Å². The molecule has 0 saturated heterocycles. The SMILES string of the molecule is CSC1(CNc2ncnc(-n3cccn3)c2N)CCC1. The Kier molecular flexibility index (Phi) is 3.52. The second kappa shape index (κ2) is 5.32. The van der Waals surface area contributed by atoms with E-state index in [0.29, 0.717) is 22.1 Å². The van der Waals surface area contributed by atoms with E-state index in [9.17, 15) is 0 Å². The van der Waals surface area contributed by atoms with Crippen LogP contribution in [0.15, 0.2) is 24.8 Å². The molecule has 2 aromatic rings. The van der Waals surface area contributed by atoms with Crippen LogP contribution in [-0.2, 0) is 0 Å². The van der Waals surface area contributed by atoms with Crippen molar-refractivity contribution in [1.29, 1.82) is 0 Å². The van der Waals surface area contributed by atoms with Crippen LogP contribution in [0.2, 0.25) is 0 Å². The highest BCUT2D eigenvalue weighted by atomic mass is 32.2. The zero-order valence-corrected chi connectivity index (χ0v) is 12.2. The molecule has 0 aliphatic heterocycles. The lowest BCUT2D eigenvalue weighted by Crippen LogP contribution is -2.40. The van der Waals surface area contributed by atoms with E-state index >= 15 is 0 Å². The molecule has 0 aromatic carbocycles. The summed E-state index contributed by atoms with van der Waals surface area (Å²) in [6, 6.07) is 1.84. The Hall–Kier alpha value is -1.76. The Morgan fingerprint density at radius 1 is 1.45 bits per heavy atom. The smallest absolute Gasteiger partial charge is 0.181 e. The number of aromatic nitrogens is 4. The monoisotopic (exact) mass is 290 g/mol. The third-order valence-electron chi connectivity index (χ3n) is 3.86. The van der Waals surface area contributed by atoms with Crippen LogP contribution in [0.1, 0.15) is 19.3 Å². The zero-order chi connectivity index (χ0) is 14.0. The standard InChI is InChI=1S/C13H18N6S/c1-20-13(4-2-5-13)8-15-11-10(14)12(17-9-16-11)19-7-3-6-18-19/h3,6-7,9H,2,4-5,8,14H2,1H3,(H,15,16,17). The predicted octanol–water partition coefficient (Wildman–Crippen LogP) is 1.94. The van der Waals surface area contributed by atoms with Gasteiger partial charge in [0, 0.05) is 23.7 Å². The Labute approximate surface area is 122 Å². The summed E-state index contributed by atoms with van der Waals surface area (Å²) in [7, 11) is 0. The van der Waals surface area contributed by atoms with Crippen molar-refractivity contribution in [3.63, 3.8) is 0 Å². The van der Waals surface area contributed by atoms with Gasteiger partial charge in [-0.3, -0.25) is 0 Å². The molecule has 1 aliphatic rings. The van der Waals surface area contributed by atoms with Crippen molar-refractivity contribution >= 4 is 23.3 Å². The van der Waals surface area contributed by atoms with Crippen LogP contribution in [-0.4, -0.2) is 37.3 Å². The van der Waals surface area contributed by atoms with Crippen LogP contribution in [0.3, 0.4) is 0 Å². The Morgan fingerprint density at radius 2 is 2.30 bits per heavy atom. The van der Waals surface area contributed by atoms with Crippen LogP contribution in [0.4, 0.5) is 11.5 Å². The predicted molar refractivity (Wildman–Crippen MR) is 82.2 cm³/mol. The molecule has 2 heterocycles. The van der Waals surface area contributed by atoms with Gasteiger partial charge in [0.05, 0.1) is 0 Å². The molecule has 6 nitrogen and oxygen atoms in total. The molecule has 1 aliphatic carbocycles. The van der Waals surface area contributed by atoms with Crippen molar-refractivity contribution in [2.75, 3.05) is 23.9 Å². The number of nitrogen functional groups attached to an aromatic ring is 1. The van der Waals surface area contributed by atoms with Crippen LogP contribution in [0.25, 0.3) is 5.82 Å². The third kappa shape index (κ3) is 2.33. The summed E-state index contributed by atoms with van der Waals surface area (Å²) in [5.74, 6) is 1.30. The van der Waals surface area contributed by atoms with E-state index in [2.05, 4.69) is 26.6 Å². The summed E-state index contributed by atoms with van der Waals surface area (Å²) in [6.07, 6.45) is 11.0. The number of nitrogens with two attached hydrogens (primary N) is 1. The molecule has 0 radical (unpaired) electrons. The molecule has 7 heteroatoms. The highest BCUT2D eigenvalue weighted by Gasteiger charge is 2.36. The van der Waals surface area contributed by atoms with E-state index in [0.717, 1.165) is 6.54 Å². The average molecular weight is 290 g/mol. The summed E-state index contributed by atoms with van der Waals surface area (Å²) in [4.78, 5) is 8.45. The van der Waals surface area contributed by atoms with Crippen molar-refractivity contribution in [3.8, 4) is 5.82 Å². The second-order valence-corrected chi connectivity index (χ2v) is 6.28. The van der Waals surface area contributed by atoms with Crippen LogP contribution < -0.4 is 11.1 Å². The first-order valence-electron chi connectivity index (χ1n) is 6.64. The first-order valence-corrected chi connectivity index (χ1v) is 7.86. The lowest BCUT2D eigenvalue weighted by molar-refractivity contribution is 0.379. The highest BCUT2D eigenvalue weighted by Crippen LogP contribution is 2.42. The molecule has 0 amide bonds. The molecule has 3 N–H and O–H groups in total. The van der Waals surface area contributed by atoms with E-state index in [1.54, 1.807) is 10.9 Å². The normalized spacial score (nSPS) is 16.6. The van der Waals surface area contributed by atoms with Gasteiger partial charge in [-0.1, -0.05) is 6.42 Å². The van der Waals surface area contributed by atoms with Gasteiger partial charge >= 0.3 is 0 Å². The molecule has 1 saturated carbocycles. The maximum Gasteiger partial charge on any atom is 0.181 e. The zero-order valence-electron chi connectivity index (χ0n) is 11.4. The molecular weight excluding hydrogens is 272 g/mol. The first kappa shape index (κ1) is 13.2. The maximum absolute atomic E-state index is 6.15. The minimum absolute atomic E-state index is 0.337. The van der Waals surface area contributed by atoms with Crippen LogP contribution in [0.5, 0.6) is 0 Å². The number of anilines is 2. The Bertz CT molecular complexity index is 573. The first-order chi connectivity index (χ1) is 9.74. The summed E-state index contributed by atoms with van der Waals surface area (Å²) in [5.41, 5.74) is 6.68. The fourth-order valence-corrected chi connectivity index (χ4v) is 3.29. The summed E-state index contributed by atoms with van der Waals surface area (Å²) >= 11 is 1.92.